The molecule has 128 valence electrons. The van der Waals surface area contributed by atoms with Gasteiger partial charge in [-0.3, -0.25) is 0 Å². The Labute approximate surface area is 140 Å². The topological polar surface area (TPSA) is 99.9 Å². The minimum atomic E-state index is -0.951. The molecule has 1 amide bonds. The highest BCUT2D eigenvalue weighted by molar-refractivity contribution is 6.33. The second-order valence-corrected chi connectivity index (χ2v) is 6.19. The molecule has 1 atom stereocenters. The van der Waals surface area contributed by atoms with E-state index in [-0.39, 0.29) is 22.2 Å². The summed E-state index contributed by atoms with van der Waals surface area (Å²) in [4.78, 5) is 23.8. The van der Waals surface area contributed by atoms with Crippen molar-refractivity contribution in [3.05, 3.63) is 17.2 Å². The van der Waals surface area contributed by atoms with Crippen LogP contribution in [0.5, 0.6) is 11.5 Å². The van der Waals surface area contributed by atoms with E-state index < -0.39 is 23.7 Å². The number of benzene rings is 1. The highest BCUT2D eigenvalue weighted by atomic mass is 35.5. The van der Waals surface area contributed by atoms with Crippen molar-refractivity contribution in [2.75, 3.05) is 12.8 Å². The molecule has 8 heteroatoms. The third kappa shape index (κ3) is 5.52. The Balaban J connectivity index is 2.80. The van der Waals surface area contributed by atoms with Crippen molar-refractivity contribution in [2.24, 2.45) is 0 Å². The van der Waals surface area contributed by atoms with Crippen LogP contribution in [0.2, 0.25) is 5.02 Å². The molecule has 23 heavy (non-hydrogen) atoms. The number of methoxy groups -OCH3 is 1. The third-order valence-electron chi connectivity index (χ3n) is 2.62. The van der Waals surface area contributed by atoms with E-state index >= 15 is 0 Å². The summed E-state index contributed by atoms with van der Waals surface area (Å²) in [6, 6.07) is 2.09. The highest BCUT2D eigenvalue weighted by Crippen LogP contribution is 2.38. The summed E-state index contributed by atoms with van der Waals surface area (Å²) in [7, 11) is 1.41. The van der Waals surface area contributed by atoms with Crippen molar-refractivity contribution in [3.8, 4) is 11.5 Å². The third-order valence-corrected chi connectivity index (χ3v) is 2.95. The molecule has 1 aromatic rings. The molecule has 0 bridgehead atoms. The second-order valence-electron chi connectivity index (χ2n) is 5.78. The Morgan fingerprint density at radius 1 is 1.30 bits per heavy atom. The molecule has 3 N–H and O–H groups in total. The van der Waals surface area contributed by atoms with Crippen LogP contribution in [0.15, 0.2) is 12.1 Å². The summed E-state index contributed by atoms with van der Waals surface area (Å²) >= 11 is 5.90. The molecule has 0 aliphatic carbocycles. The number of nitrogen functional groups attached to an aromatic ring is 1. The van der Waals surface area contributed by atoms with E-state index in [4.69, 9.17) is 31.5 Å². The van der Waals surface area contributed by atoms with Crippen LogP contribution in [0.3, 0.4) is 0 Å². The minimum absolute atomic E-state index is 0.00263. The summed E-state index contributed by atoms with van der Waals surface area (Å²) in [5, 5.41) is 2.60. The molecule has 1 aromatic carbocycles. The molecule has 0 saturated carbocycles. The molecule has 0 aliphatic rings. The maximum atomic E-state index is 12.1. The van der Waals surface area contributed by atoms with Gasteiger partial charge >= 0.3 is 12.1 Å². The molecule has 1 rings (SSSR count). The van der Waals surface area contributed by atoms with Gasteiger partial charge in [0.25, 0.3) is 0 Å². The number of rotatable bonds is 4. The molecular weight excluding hydrogens is 324 g/mol. The molecule has 0 aliphatic heterocycles. The molecule has 0 aromatic heterocycles. The number of nitrogens with one attached hydrogen (secondary N) is 1. The van der Waals surface area contributed by atoms with Crippen LogP contribution in [-0.2, 0) is 9.53 Å². The van der Waals surface area contributed by atoms with Gasteiger partial charge in [-0.05, 0) is 39.8 Å². The summed E-state index contributed by atoms with van der Waals surface area (Å²) in [5.41, 5.74) is 5.19. The molecule has 0 heterocycles. The van der Waals surface area contributed by atoms with E-state index in [1.807, 2.05) is 0 Å². The van der Waals surface area contributed by atoms with Crippen molar-refractivity contribution in [2.45, 2.75) is 39.3 Å². The fraction of sp³-hybridized carbons (Fsp3) is 0.467. The fourth-order valence-electron chi connectivity index (χ4n) is 1.55. The number of carbonyl (C=O) groups excluding carboxylic acids is 2. The van der Waals surface area contributed by atoms with E-state index in [0.717, 1.165) is 0 Å². The molecule has 7 nitrogen and oxygen atoms in total. The Morgan fingerprint density at radius 2 is 1.91 bits per heavy atom. The van der Waals surface area contributed by atoms with Crippen LogP contribution in [-0.4, -0.2) is 30.8 Å². The van der Waals surface area contributed by atoms with Crippen LogP contribution in [0.4, 0.5) is 10.5 Å². The van der Waals surface area contributed by atoms with Crippen LogP contribution in [0.1, 0.15) is 27.7 Å². The lowest BCUT2D eigenvalue weighted by Crippen LogP contribution is -2.43. The van der Waals surface area contributed by atoms with Crippen molar-refractivity contribution < 1.29 is 23.8 Å². The van der Waals surface area contributed by atoms with E-state index in [1.165, 1.54) is 26.2 Å². The number of anilines is 1. The first-order valence-corrected chi connectivity index (χ1v) is 7.26. The SMILES string of the molecule is COc1ccc(Cl)c(N)c1OC(=O)[C@H](C)NC(=O)OC(C)(C)C. The van der Waals surface area contributed by atoms with Crippen LogP contribution in [0, 0.1) is 0 Å². The molecular formula is C15H21ClN2O5. The standard InChI is InChI=1S/C15H21ClN2O5/c1-8(18-14(20)23-15(2,3)4)13(19)22-12-10(21-5)7-6-9(16)11(12)17/h6-8H,17H2,1-5H3,(H,18,20)/t8-/m0/s1. The Bertz CT molecular complexity index is 598. The second kappa shape index (κ2) is 7.41. The minimum Gasteiger partial charge on any atom is -0.493 e. The number of amides is 1. The smallest absolute Gasteiger partial charge is 0.408 e. The monoisotopic (exact) mass is 344 g/mol. The van der Waals surface area contributed by atoms with Crippen molar-refractivity contribution in [3.63, 3.8) is 0 Å². The fourth-order valence-corrected chi connectivity index (χ4v) is 1.70. The zero-order valence-corrected chi connectivity index (χ0v) is 14.5. The maximum absolute atomic E-state index is 12.1. The number of nitrogens with two attached hydrogens (primary N) is 1. The van der Waals surface area contributed by atoms with Gasteiger partial charge in [0.1, 0.15) is 11.6 Å². The van der Waals surface area contributed by atoms with E-state index in [9.17, 15) is 9.59 Å². The summed E-state index contributed by atoms with van der Waals surface area (Å²) < 4.78 is 15.3. The first kappa shape index (κ1) is 18.9. The van der Waals surface area contributed by atoms with Crippen molar-refractivity contribution >= 4 is 29.4 Å². The van der Waals surface area contributed by atoms with Gasteiger partial charge in [0.15, 0.2) is 11.5 Å². The first-order valence-electron chi connectivity index (χ1n) is 6.88. The van der Waals surface area contributed by atoms with Gasteiger partial charge < -0.3 is 25.3 Å². The first-order chi connectivity index (χ1) is 10.5. The lowest BCUT2D eigenvalue weighted by Gasteiger charge is -2.21. The maximum Gasteiger partial charge on any atom is 0.408 e. The zero-order valence-electron chi connectivity index (χ0n) is 13.7. The summed E-state index contributed by atoms with van der Waals surface area (Å²) in [5.74, 6) is -0.476. The van der Waals surface area contributed by atoms with Gasteiger partial charge in [0, 0.05) is 0 Å². The number of hydrogen-bond acceptors (Lipinski definition) is 6. The molecule has 0 radical (unpaired) electrons. The van der Waals surface area contributed by atoms with Gasteiger partial charge in [-0.15, -0.1) is 0 Å². The predicted molar refractivity (Wildman–Crippen MR) is 86.9 cm³/mol. The van der Waals surface area contributed by atoms with Crippen LogP contribution >= 0.6 is 11.6 Å². The number of alkyl carbamates (subject to hydrolysis) is 1. The van der Waals surface area contributed by atoms with Gasteiger partial charge in [0.2, 0.25) is 0 Å². The van der Waals surface area contributed by atoms with E-state index in [2.05, 4.69) is 5.32 Å². The number of halogens is 1. The van der Waals surface area contributed by atoms with E-state index in [1.54, 1.807) is 20.8 Å². The predicted octanol–water partition coefficient (Wildman–Crippen LogP) is 2.75. The average molecular weight is 345 g/mol. The van der Waals surface area contributed by atoms with Crippen LogP contribution < -0.4 is 20.5 Å². The Hall–Kier alpha value is -2.15. The Morgan fingerprint density at radius 3 is 2.43 bits per heavy atom. The number of ether oxygens (including phenoxy) is 3. The molecule has 0 fully saturated rings. The number of hydrogen-bond donors (Lipinski definition) is 2. The molecule has 0 spiro atoms. The van der Waals surface area contributed by atoms with Gasteiger partial charge in [-0.25, -0.2) is 9.59 Å². The van der Waals surface area contributed by atoms with Gasteiger partial charge in [0.05, 0.1) is 17.8 Å². The van der Waals surface area contributed by atoms with Gasteiger partial charge in [-0.1, -0.05) is 11.6 Å². The van der Waals surface area contributed by atoms with Crippen molar-refractivity contribution in [1.29, 1.82) is 0 Å². The van der Waals surface area contributed by atoms with Crippen LogP contribution in [0.25, 0.3) is 0 Å². The highest BCUT2D eigenvalue weighted by Gasteiger charge is 2.24. The zero-order chi connectivity index (χ0) is 17.8. The average Bonchev–Trinajstić information content (AvgIpc) is 2.41. The quantitative estimate of drug-likeness (QED) is 0.495. The largest absolute Gasteiger partial charge is 0.493 e. The number of carbonyl (C=O) groups is 2. The lowest BCUT2D eigenvalue weighted by atomic mass is 10.2. The summed E-state index contributed by atoms with van der Waals surface area (Å²) in [6.07, 6.45) is -0.729. The molecule has 0 saturated heterocycles. The Kier molecular flexibility index (Phi) is 6.09. The van der Waals surface area contributed by atoms with E-state index in [0.29, 0.717) is 0 Å². The van der Waals surface area contributed by atoms with Crippen molar-refractivity contribution in [1.82, 2.24) is 5.32 Å². The lowest BCUT2D eigenvalue weighted by molar-refractivity contribution is -0.136. The number of esters is 1. The molecule has 0 unspecified atom stereocenters. The summed E-state index contributed by atoms with van der Waals surface area (Å²) in [6.45, 7) is 6.60. The normalized spacial score (nSPS) is 12.3. The van der Waals surface area contributed by atoms with Gasteiger partial charge in [-0.2, -0.15) is 0 Å².